The van der Waals surface area contributed by atoms with Crippen LogP contribution in [0.1, 0.15) is 13.3 Å². The van der Waals surface area contributed by atoms with Crippen molar-refractivity contribution in [3.63, 3.8) is 0 Å². The summed E-state index contributed by atoms with van der Waals surface area (Å²) in [4.78, 5) is 26.6. The second kappa shape index (κ2) is 6.33. The minimum Gasteiger partial charge on any atom is -0.463 e. The largest absolute Gasteiger partial charge is 0.463 e. The first-order valence-corrected chi connectivity index (χ1v) is 6.82. The summed E-state index contributed by atoms with van der Waals surface area (Å²) in [5.41, 5.74) is 2.26. The molecule has 0 bridgehead atoms. The molecule has 1 saturated heterocycles. The number of ether oxygens (including phenoxy) is 2. The fourth-order valence-electron chi connectivity index (χ4n) is 2.23. The molecule has 2 rings (SSSR count). The van der Waals surface area contributed by atoms with E-state index in [4.69, 9.17) is 15.2 Å². The third-order valence-corrected chi connectivity index (χ3v) is 3.48. The topological polar surface area (TPSA) is 161 Å². The lowest BCUT2D eigenvalue weighted by atomic mass is 10.0. The second-order valence-electron chi connectivity index (χ2n) is 4.94. The van der Waals surface area contributed by atoms with Crippen molar-refractivity contribution in [2.24, 2.45) is 0 Å². The lowest BCUT2D eigenvalue weighted by molar-refractivity contribution is -0.153. The average molecular weight is 324 g/mol. The molecular formula is C13H16N4O6. The molecule has 1 aromatic heterocycles. The monoisotopic (exact) mass is 324 g/mol. The molecule has 1 aliphatic rings. The third kappa shape index (κ3) is 2.89. The molecule has 0 amide bonds. The van der Waals surface area contributed by atoms with E-state index in [1.807, 2.05) is 0 Å². The predicted octanol–water partition coefficient (Wildman–Crippen LogP) is -1.92. The molecular weight excluding hydrogens is 308 g/mol. The lowest BCUT2D eigenvalue weighted by Gasteiger charge is -2.26. The summed E-state index contributed by atoms with van der Waals surface area (Å²) >= 11 is 0. The number of aliphatic hydroxyl groups excluding tert-OH is 2. The van der Waals surface area contributed by atoms with Crippen LogP contribution in [-0.4, -0.2) is 50.7 Å². The Hall–Kier alpha value is -2.48. The van der Waals surface area contributed by atoms with Gasteiger partial charge >= 0.3 is 11.7 Å². The van der Waals surface area contributed by atoms with Crippen molar-refractivity contribution in [1.29, 1.82) is 5.26 Å². The van der Waals surface area contributed by atoms with Crippen LogP contribution in [0.5, 0.6) is 0 Å². The van der Waals surface area contributed by atoms with Gasteiger partial charge in [-0.05, 0) is 6.07 Å². The maximum Gasteiger partial charge on any atom is 0.352 e. The van der Waals surface area contributed by atoms with Gasteiger partial charge in [0, 0.05) is 12.6 Å². The summed E-state index contributed by atoms with van der Waals surface area (Å²) in [7, 11) is 0. The lowest BCUT2D eigenvalue weighted by Crippen LogP contribution is -2.49. The SMILES string of the molecule is CCC(=O)OC[C@H]1O[C@@](C#N)(n2ccc(N)nc2=O)[C@@H](O)C1O. The number of nitrogens with two attached hydrogens (primary N) is 1. The van der Waals surface area contributed by atoms with Crippen LogP contribution in [0.3, 0.4) is 0 Å². The molecule has 1 aliphatic heterocycles. The Morgan fingerprint density at radius 1 is 1.65 bits per heavy atom. The summed E-state index contributed by atoms with van der Waals surface area (Å²) in [5, 5.41) is 29.7. The van der Waals surface area contributed by atoms with Gasteiger partial charge in [-0.15, -0.1) is 0 Å². The van der Waals surface area contributed by atoms with E-state index in [9.17, 15) is 25.1 Å². The number of aromatic nitrogens is 2. The number of rotatable bonds is 4. The van der Waals surface area contributed by atoms with Crippen molar-refractivity contribution < 1.29 is 24.5 Å². The van der Waals surface area contributed by atoms with Gasteiger partial charge in [0.05, 0.1) is 0 Å². The van der Waals surface area contributed by atoms with Crippen LogP contribution in [-0.2, 0) is 20.0 Å². The molecule has 0 spiro atoms. The number of carbonyl (C=O) groups excluding carboxylic acids is 1. The minimum atomic E-state index is -2.19. The Kier molecular flexibility index (Phi) is 4.65. The number of hydrogen-bond donors (Lipinski definition) is 3. The highest BCUT2D eigenvalue weighted by Crippen LogP contribution is 2.34. The highest BCUT2D eigenvalue weighted by atomic mass is 16.6. The molecule has 10 nitrogen and oxygen atoms in total. The standard InChI is InChI=1S/C13H16N4O6/c1-2-9(18)22-5-7-10(19)11(20)13(6-14,23-7)17-4-3-8(15)16-12(17)21/h3-4,7,10-11,19-20H,2,5H2,1H3,(H2,15,16,21)/t7-,10?,11+,13-/m1/s1. The first-order chi connectivity index (χ1) is 10.9. The van der Waals surface area contributed by atoms with Crippen molar-refractivity contribution in [2.45, 2.75) is 37.4 Å². The number of aliphatic hydroxyl groups is 2. The van der Waals surface area contributed by atoms with Gasteiger partial charge in [-0.2, -0.15) is 10.2 Å². The summed E-state index contributed by atoms with van der Waals surface area (Å²) in [5.74, 6) is -0.600. The van der Waals surface area contributed by atoms with Crippen LogP contribution in [0, 0.1) is 11.3 Å². The van der Waals surface area contributed by atoms with Crippen molar-refractivity contribution in [2.75, 3.05) is 12.3 Å². The fourth-order valence-corrected chi connectivity index (χ4v) is 2.23. The Bertz CT molecular complexity index is 698. The first kappa shape index (κ1) is 16.9. The van der Waals surface area contributed by atoms with Crippen molar-refractivity contribution in [3.8, 4) is 6.07 Å². The highest BCUT2D eigenvalue weighted by Gasteiger charge is 2.57. The minimum absolute atomic E-state index is 0.0687. The molecule has 0 saturated carbocycles. The molecule has 4 atom stereocenters. The van der Waals surface area contributed by atoms with Gasteiger partial charge in [-0.1, -0.05) is 6.92 Å². The molecule has 0 radical (unpaired) electrons. The Labute approximate surface area is 130 Å². The number of carbonyl (C=O) groups is 1. The zero-order chi connectivity index (χ0) is 17.2. The number of esters is 1. The smallest absolute Gasteiger partial charge is 0.352 e. The predicted molar refractivity (Wildman–Crippen MR) is 74.6 cm³/mol. The van der Waals surface area contributed by atoms with Crippen LogP contribution in [0.2, 0.25) is 0 Å². The quantitative estimate of drug-likeness (QED) is 0.536. The molecule has 124 valence electrons. The number of nitrogen functional groups attached to an aromatic ring is 1. The van der Waals surface area contributed by atoms with Gasteiger partial charge in [-0.25, -0.2) is 4.79 Å². The first-order valence-electron chi connectivity index (χ1n) is 6.82. The average Bonchev–Trinajstić information content (AvgIpc) is 2.78. The summed E-state index contributed by atoms with van der Waals surface area (Å²) in [6.07, 6.45) is -3.21. The van der Waals surface area contributed by atoms with Gasteiger partial charge in [0.15, 0.2) is 0 Å². The van der Waals surface area contributed by atoms with E-state index in [2.05, 4.69) is 4.98 Å². The molecule has 1 aromatic rings. The molecule has 2 heterocycles. The van der Waals surface area contributed by atoms with Gasteiger partial charge in [0.1, 0.15) is 36.8 Å². The number of nitriles is 1. The maximum atomic E-state index is 11.9. The fraction of sp³-hybridized carbons (Fsp3) is 0.538. The van der Waals surface area contributed by atoms with Gasteiger partial charge < -0.3 is 25.4 Å². The van der Waals surface area contributed by atoms with E-state index >= 15 is 0 Å². The molecule has 0 aliphatic carbocycles. The second-order valence-corrected chi connectivity index (χ2v) is 4.94. The summed E-state index contributed by atoms with van der Waals surface area (Å²) < 4.78 is 11.0. The van der Waals surface area contributed by atoms with Crippen LogP contribution in [0.15, 0.2) is 17.1 Å². The van der Waals surface area contributed by atoms with Crippen LogP contribution in [0.25, 0.3) is 0 Å². The summed E-state index contributed by atoms with van der Waals surface area (Å²) in [6.45, 7) is 1.22. The Morgan fingerprint density at radius 3 is 2.91 bits per heavy atom. The van der Waals surface area contributed by atoms with Crippen molar-refractivity contribution in [1.82, 2.24) is 9.55 Å². The van der Waals surface area contributed by atoms with Gasteiger partial charge in [0.25, 0.3) is 5.72 Å². The molecule has 0 aromatic carbocycles. The normalized spacial score (nSPS) is 29.9. The van der Waals surface area contributed by atoms with E-state index in [0.29, 0.717) is 0 Å². The van der Waals surface area contributed by atoms with E-state index in [-0.39, 0.29) is 18.8 Å². The number of hydrogen-bond acceptors (Lipinski definition) is 9. The molecule has 1 unspecified atom stereocenters. The molecule has 23 heavy (non-hydrogen) atoms. The third-order valence-electron chi connectivity index (χ3n) is 3.48. The van der Waals surface area contributed by atoms with Gasteiger partial charge in [-0.3, -0.25) is 9.36 Å². The Morgan fingerprint density at radius 2 is 2.35 bits per heavy atom. The number of nitrogens with zero attached hydrogens (tertiary/aromatic N) is 3. The summed E-state index contributed by atoms with van der Waals surface area (Å²) in [6, 6.07) is 2.92. The van der Waals surface area contributed by atoms with E-state index < -0.39 is 35.7 Å². The number of anilines is 1. The maximum absolute atomic E-state index is 11.9. The molecule has 4 N–H and O–H groups in total. The van der Waals surface area contributed by atoms with Crippen LogP contribution < -0.4 is 11.4 Å². The van der Waals surface area contributed by atoms with Crippen LogP contribution in [0.4, 0.5) is 5.82 Å². The zero-order valence-corrected chi connectivity index (χ0v) is 12.2. The van der Waals surface area contributed by atoms with Crippen LogP contribution >= 0.6 is 0 Å². The molecule has 10 heteroatoms. The van der Waals surface area contributed by atoms with Crippen molar-refractivity contribution >= 4 is 11.8 Å². The van der Waals surface area contributed by atoms with Crippen molar-refractivity contribution in [3.05, 3.63) is 22.7 Å². The Balaban J connectivity index is 2.34. The molecule has 1 fully saturated rings. The van der Waals surface area contributed by atoms with Gasteiger partial charge in [0.2, 0.25) is 0 Å². The van der Waals surface area contributed by atoms with E-state index in [0.717, 1.165) is 10.8 Å². The highest BCUT2D eigenvalue weighted by molar-refractivity contribution is 5.68. The zero-order valence-electron chi connectivity index (χ0n) is 12.2. The van der Waals surface area contributed by atoms with E-state index in [1.54, 1.807) is 13.0 Å². The van der Waals surface area contributed by atoms with E-state index in [1.165, 1.54) is 6.07 Å².